The van der Waals surface area contributed by atoms with E-state index in [1.807, 2.05) is 24.3 Å². The van der Waals surface area contributed by atoms with Crippen molar-refractivity contribution in [1.29, 1.82) is 0 Å². The number of rotatable bonds is 9. The Kier molecular flexibility index (Phi) is 7.47. The summed E-state index contributed by atoms with van der Waals surface area (Å²) >= 11 is 3.08. The van der Waals surface area contributed by atoms with Crippen LogP contribution in [0.5, 0.6) is 0 Å². The highest BCUT2D eigenvalue weighted by Crippen LogP contribution is 2.33. The molecule has 6 rings (SSSR count). The fourth-order valence-corrected chi connectivity index (χ4v) is 6.90. The zero-order chi connectivity index (χ0) is 26.6. The first-order valence-corrected chi connectivity index (χ1v) is 14.9. The fourth-order valence-electron chi connectivity index (χ4n) is 5.00. The largest absolute Gasteiger partial charge is 0.476 e. The summed E-state index contributed by atoms with van der Waals surface area (Å²) in [6.07, 6.45) is 6.56. The number of aryl methyl sites for hydroxylation is 3. The normalized spacial score (nSPS) is 14.0. The number of anilines is 1. The number of hydrogen-bond acceptors (Lipinski definition) is 7. The standard InChI is InChI=1S/C31H28N4O2S2/c36-30(37)28-27(16-6-4-11-20-9-2-1-3-10-20)38-29(33-28)22-18-17-21-12-8-14-24(23(21)19-22)34-35-31-32-25-13-5-7-15-26(25)39-31/h1-3,5,7,9-10,13,15,17-19H,4,6,8,11-12,14,16H2,(H,32,35)(H,36,37)/b34-24+. The third-order valence-electron chi connectivity index (χ3n) is 6.97. The van der Waals surface area contributed by atoms with Gasteiger partial charge in [-0.3, -0.25) is 5.43 Å². The second-order valence-electron chi connectivity index (χ2n) is 9.67. The number of thiazole rings is 2. The van der Waals surface area contributed by atoms with Crippen molar-refractivity contribution in [2.75, 3.05) is 5.43 Å². The summed E-state index contributed by atoms with van der Waals surface area (Å²) in [7, 11) is 0. The molecule has 0 fully saturated rings. The third-order valence-corrected chi connectivity index (χ3v) is 9.08. The molecular formula is C31H28N4O2S2. The Bertz CT molecular complexity index is 1620. The molecule has 0 bridgehead atoms. The summed E-state index contributed by atoms with van der Waals surface area (Å²) in [4.78, 5) is 22.0. The van der Waals surface area contributed by atoms with Crippen molar-refractivity contribution < 1.29 is 9.90 Å². The summed E-state index contributed by atoms with van der Waals surface area (Å²) < 4.78 is 1.13. The van der Waals surface area contributed by atoms with Crippen LogP contribution in [0.3, 0.4) is 0 Å². The number of benzene rings is 3. The number of nitrogens with zero attached hydrogens (tertiary/aromatic N) is 3. The van der Waals surface area contributed by atoms with Gasteiger partial charge >= 0.3 is 5.97 Å². The van der Waals surface area contributed by atoms with E-state index in [-0.39, 0.29) is 5.69 Å². The Balaban J connectivity index is 1.21. The maximum Gasteiger partial charge on any atom is 0.355 e. The lowest BCUT2D eigenvalue weighted by molar-refractivity contribution is 0.0690. The minimum absolute atomic E-state index is 0.179. The Morgan fingerprint density at radius 1 is 0.923 bits per heavy atom. The fraction of sp³-hybridized carbons (Fsp3) is 0.226. The number of aromatic nitrogens is 2. The zero-order valence-electron chi connectivity index (χ0n) is 21.4. The number of carboxylic acids is 1. The van der Waals surface area contributed by atoms with E-state index in [0.29, 0.717) is 0 Å². The van der Waals surface area contributed by atoms with E-state index in [2.05, 4.69) is 63.9 Å². The molecule has 0 saturated carbocycles. The molecule has 2 N–H and O–H groups in total. The van der Waals surface area contributed by atoms with Crippen LogP contribution >= 0.6 is 22.7 Å². The predicted octanol–water partition coefficient (Wildman–Crippen LogP) is 7.84. The maximum atomic E-state index is 12.0. The molecule has 2 aromatic heterocycles. The van der Waals surface area contributed by atoms with Crippen molar-refractivity contribution in [2.24, 2.45) is 5.10 Å². The SMILES string of the molecule is O=C(O)c1nc(-c2ccc3c(c2)/C(=N/Nc2nc4ccccc4s2)CCC3)sc1CCCCc1ccccc1. The highest BCUT2D eigenvalue weighted by molar-refractivity contribution is 7.22. The van der Waals surface area contributed by atoms with Crippen molar-refractivity contribution >= 4 is 49.7 Å². The topological polar surface area (TPSA) is 87.5 Å². The van der Waals surface area contributed by atoms with E-state index in [9.17, 15) is 9.90 Å². The van der Waals surface area contributed by atoms with Gasteiger partial charge in [0.25, 0.3) is 0 Å². The summed E-state index contributed by atoms with van der Waals surface area (Å²) in [5.74, 6) is -0.962. The molecule has 5 aromatic rings. The monoisotopic (exact) mass is 552 g/mol. The number of hydrogen-bond donors (Lipinski definition) is 2. The van der Waals surface area contributed by atoms with E-state index in [1.165, 1.54) is 22.5 Å². The lowest BCUT2D eigenvalue weighted by Crippen LogP contribution is -2.13. The number of carbonyl (C=O) groups is 1. The first kappa shape index (κ1) is 25.4. The van der Waals surface area contributed by atoms with Gasteiger partial charge in [0.15, 0.2) is 5.69 Å². The lowest BCUT2D eigenvalue weighted by atomic mass is 9.89. The van der Waals surface area contributed by atoms with Gasteiger partial charge in [-0.2, -0.15) is 5.10 Å². The molecule has 1 aliphatic carbocycles. The highest BCUT2D eigenvalue weighted by Gasteiger charge is 2.21. The van der Waals surface area contributed by atoms with Crippen LogP contribution in [0.2, 0.25) is 0 Å². The number of unbranched alkanes of at least 4 members (excludes halogenated alkanes) is 1. The number of fused-ring (bicyclic) bond motifs is 2. The smallest absolute Gasteiger partial charge is 0.355 e. The third kappa shape index (κ3) is 5.77. The van der Waals surface area contributed by atoms with E-state index in [1.54, 1.807) is 11.3 Å². The molecule has 1 aliphatic rings. The molecule has 0 saturated heterocycles. The van der Waals surface area contributed by atoms with Crippen molar-refractivity contribution in [3.8, 4) is 10.6 Å². The molecule has 0 spiro atoms. The highest BCUT2D eigenvalue weighted by atomic mass is 32.1. The van der Waals surface area contributed by atoms with Crippen LogP contribution < -0.4 is 5.43 Å². The molecular weight excluding hydrogens is 525 g/mol. The van der Waals surface area contributed by atoms with E-state index in [4.69, 9.17) is 5.10 Å². The minimum atomic E-state index is -0.962. The number of aromatic carboxylic acids is 1. The Labute approximate surface area is 235 Å². The molecule has 0 radical (unpaired) electrons. The van der Waals surface area contributed by atoms with Crippen molar-refractivity contribution in [2.45, 2.75) is 44.9 Å². The number of nitrogens with one attached hydrogen (secondary N) is 1. The van der Waals surface area contributed by atoms with Gasteiger partial charge in [-0.05, 0) is 74.3 Å². The Morgan fingerprint density at radius 2 is 1.74 bits per heavy atom. The molecule has 8 heteroatoms. The van der Waals surface area contributed by atoms with Crippen molar-refractivity contribution in [3.05, 3.63) is 100 Å². The van der Waals surface area contributed by atoms with Gasteiger partial charge in [0.05, 0.1) is 15.9 Å². The number of para-hydroxylation sites is 1. The molecule has 0 aliphatic heterocycles. The van der Waals surface area contributed by atoms with Crippen LogP contribution in [0.25, 0.3) is 20.8 Å². The van der Waals surface area contributed by atoms with Crippen molar-refractivity contribution in [1.82, 2.24) is 9.97 Å². The molecule has 0 unspecified atom stereocenters. The van der Waals surface area contributed by atoms with Gasteiger partial charge in [0.1, 0.15) is 5.01 Å². The second kappa shape index (κ2) is 11.5. The van der Waals surface area contributed by atoms with Crippen LogP contribution in [-0.4, -0.2) is 26.8 Å². The van der Waals surface area contributed by atoms with Crippen LogP contribution in [0.1, 0.15) is 57.7 Å². The van der Waals surface area contributed by atoms with Crippen molar-refractivity contribution in [3.63, 3.8) is 0 Å². The van der Waals surface area contributed by atoms with Gasteiger partial charge < -0.3 is 5.11 Å². The average Bonchev–Trinajstić information content (AvgIpc) is 3.59. The molecule has 0 amide bonds. The van der Waals surface area contributed by atoms with E-state index < -0.39 is 5.97 Å². The van der Waals surface area contributed by atoms with Crippen LogP contribution in [0.4, 0.5) is 5.13 Å². The average molecular weight is 553 g/mol. The first-order chi connectivity index (χ1) is 19.1. The van der Waals surface area contributed by atoms with Gasteiger partial charge in [0.2, 0.25) is 5.13 Å². The second-order valence-corrected chi connectivity index (χ2v) is 11.8. The molecule has 0 atom stereocenters. The van der Waals surface area contributed by atoms with Gasteiger partial charge in [-0.1, -0.05) is 65.9 Å². The summed E-state index contributed by atoms with van der Waals surface area (Å²) in [5.41, 5.74) is 9.92. The van der Waals surface area contributed by atoms with Gasteiger partial charge in [0, 0.05) is 16.0 Å². The van der Waals surface area contributed by atoms with Gasteiger partial charge in [-0.25, -0.2) is 14.8 Å². The van der Waals surface area contributed by atoms with Gasteiger partial charge in [-0.15, -0.1) is 11.3 Å². The lowest BCUT2D eigenvalue weighted by Gasteiger charge is -2.18. The number of carboxylic acid groups (broad SMARTS) is 1. The quantitative estimate of drug-likeness (QED) is 0.144. The molecule has 2 heterocycles. The molecule has 196 valence electrons. The number of hydrazone groups is 1. The summed E-state index contributed by atoms with van der Waals surface area (Å²) in [6, 6.07) is 24.8. The molecule has 39 heavy (non-hydrogen) atoms. The minimum Gasteiger partial charge on any atom is -0.476 e. The summed E-state index contributed by atoms with van der Waals surface area (Å²) in [5, 5.41) is 16.1. The summed E-state index contributed by atoms with van der Waals surface area (Å²) in [6.45, 7) is 0. The van der Waals surface area contributed by atoms with E-state index >= 15 is 0 Å². The van der Waals surface area contributed by atoms with E-state index in [0.717, 1.165) is 87.0 Å². The Morgan fingerprint density at radius 3 is 2.59 bits per heavy atom. The Hall–Kier alpha value is -3.88. The van der Waals surface area contributed by atoms with Crippen LogP contribution in [-0.2, 0) is 19.3 Å². The predicted molar refractivity (Wildman–Crippen MR) is 160 cm³/mol. The van der Waals surface area contributed by atoms with Crippen LogP contribution in [0.15, 0.2) is 77.9 Å². The van der Waals surface area contributed by atoms with Crippen LogP contribution in [0, 0.1) is 0 Å². The molecule has 3 aromatic carbocycles. The zero-order valence-corrected chi connectivity index (χ0v) is 23.0. The molecule has 6 nitrogen and oxygen atoms in total. The first-order valence-electron chi connectivity index (χ1n) is 13.2. The maximum absolute atomic E-state index is 12.0.